The van der Waals surface area contributed by atoms with Crippen molar-refractivity contribution < 1.29 is 28.9 Å². The number of nitrogens with zero attached hydrogens (tertiary/aromatic N) is 3. The highest BCUT2D eigenvalue weighted by atomic mass is 16.5. The molecule has 0 saturated carbocycles. The lowest BCUT2D eigenvalue weighted by atomic mass is 10.0. The minimum Gasteiger partial charge on any atom is -0.494 e. The van der Waals surface area contributed by atoms with Gasteiger partial charge in [-0.3, -0.25) is 14.5 Å². The van der Waals surface area contributed by atoms with Gasteiger partial charge in [-0.15, -0.1) is 0 Å². The molecule has 9 heteroatoms. The first-order valence-corrected chi connectivity index (χ1v) is 14.2. The predicted molar refractivity (Wildman–Crippen MR) is 152 cm³/mol. The molecule has 2 aromatic carbocycles. The van der Waals surface area contributed by atoms with Gasteiger partial charge in [-0.25, -0.2) is 0 Å². The van der Waals surface area contributed by atoms with Crippen molar-refractivity contribution in [2.45, 2.75) is 44.8 Å². The largest absolute Gasteiger partial charge is 0.494 e. The van der Waals surface area contributed by atoms with E-state index in [0.29, 0.717) is 45.0 Å². The molecule has 2 heterocycles. The van der Waals surface area contributed by atoms with Crippen LogP contribution in [0.25, 0.3) is 0 Å². The van der Waals surface area contributed by atoms with Gasteiger partial charge in [0.25, 0.3) is 0 Å². The molecule has 2 aliphatic heterocycles. The number of carbonyl (C=O) groups is 2. The molecule has 2 fully saturated rings. The predicted octanol–water partition coefficient (Wildman–Crippen LogP) is 2.88. The van der Waals surface area contributed by atoms with E-state index in [-0.39, 0.29) is 31.6 Å². The first-order valence-electron chi connectivity index (χ1n) is 14.2. The van der Waals surface area contributed by atoms with Gasteiger partial charge < -0.3 is 29.1 Å². The fourth-order valence-corrected chi connectivity index (χ4v) is 5.24. The second-order valence-corrected chi connectivity index (χ2v) is 11.0. The zero-order chi connectivity index (χ0) is 28.4. The van der Waals surface area contributed by atoms with E-state index in [1.54, 1.807) is 4.90 Å². The van der Waals surface area contributed by atoms with Gasteiger partial charge in [-0.05, 0) is 56.0 Å². The Labute approximate surface area is 237 Å². The van der Waals surface area contributed by atoms with Gasteiger partial charge in [0, 0.05) is 52.8 Å². The van der Waals surface area contributed by atoms with Gasteiger partial charge in [0.1, 0.15) is 30.3 Å². The van der Waals surface area contributed by atoms with Crippen molar-refractivity contribution in [2.75, 3.05) is 66.2 Å². The quantitative estimate of drug-likeness (QED) is 0.404. The van der Waals surface area contributed by atoms with Crippen LogP contribution in [-0.2, 0) is 20.9 Å². The number of aryl methyl sites for hydroxylation is 1. The number of carbonyl (C=O) groups excluding carboxylic acids is 2. The van der Waals surface area contributed by atoms with Crippen LogP contribution in [0, 0.1) is 6.92 Å². The Morgan fingerprint density at radius 2 is 1.68 bits per heavy atom. The molecule has 2 saturated heterocycles. The SMILES string of the molecule is COCC(=O)N1CCN(Cc2ccc(OCCCN3CCCCC3=O)cc2)CC(O)(COc2ccc(C)cc2)C1. The van der Waals surface area contributed by atoms with E-state index >= 15 is 0 Å². The molecule has 9 nitrogen and oxygen atoms in total. The van der Waals surface area contributed by atoms with Crippen LogP contribution in [0.2, 0.25) is 0 Å². The second-order valence-electron chi connectivity index (χ2n) is 11.0. The zero-order valence-corrected chi connectivity index (χ0v) is 23.8. The van der Waals surface area contributed by atoms with Gasteiger partial charge in [0.2, 0.25) is 11.8 Å². The lowest BCUT2D eigenvalue weighted by molar-refractivity contribution is -0.138. The summed E-state index contributed by atoms with van der Waals surface area (Å²) in [4.78, 5) is 30.4. The van der Waals surface area contributed by atoms with Crippen molar-refractivity contribution in [1.82, 2.24) is 14.7 Å². The van der Waals surface area contributed by atoms with Crippen molar-refractivity contribution in [2.24, 2.45) is 0 Å². The summed E-state index contributed by atoms with van der Waals surface area (Å²) >= 11 is 0. The molecule has 0 aromatic heterocycles. The third kappa shape index (κ3) is 8.94. The third-order valence-corrected chi connectivity index (χ3v) is 7.43. The van der Waals surface area contributed by atoms with Crippen molar-refractivity contribution in [1.29, 1.82) is 0 Å². The molecule has 0 aliphatic carbocycles. The highest BCUT2D eigenvalue weighted by Gasteiger charge is 2.37. The lowest BCUT2D eigenvalue weighted by Crippen LogP contribution is -2.52. The number of hydrogen-bond acceptors (Lipinski definition) is 7. The van der Waals surface area contributed by atoms with Crippen LogP contribution in [0.3, 0.4) is 0 Å². The average Bonchev–Trinajstić information content (AvgIpc) is 3.11. The van der Waals surface area contributed by atoms with E-state index in [1.165, 1.54) is 7.11 Å². The molecule has 0 spiro atoms. The fraction of sp³-hybridized carbons (Fsp3) is 0.548. The maximum Gasteiger partial charge on any atom is 0.248 e. The van der Waals surface area contributed by atoms with Gasteiger partial charge >= 0.3 is 0 Å². The van der Waals surface area contributed by atoms with Crippen molar-refractivity contribution >= 4 is 11.8 Å². The Balaban J connectivity index is 1.32. The monoisotopic (exact) mass is 553 g/mol. The number of benzene rings is 2. The number of rotatable bonds is 12. The summed E-state index contributed by atoms with van der Waals surface area (Å²) in [5.74, 6) is 1.58. The summed E-state index contributed by atoms with van der Waals surface area (Å²) < 4.78 is 16.9. The maximum atomic E-state index is 12.7. The normalized spacial score (nSPS) is 20.3. The number of piperidine rings is 1. The Hall–Kier alpha value is -3.14. The molecular weight excluding hydrogens is 510 g/mol. The topological polar surface area (TPSA) is 91.8 Å². The second kappa shape index (κ2) is 14.5. The van der Waals surface area contributed by atoms with Gasteiger partial charge in [0.05, 0.1) is 13.2 Å². The Morgan fingerprint density at radius 1 is 0.950 bits per heavy atom. The molecule has 40 heavy (non-hydrogen) atoms. The number of amides is 2. The first kappa shape index (κ1) is 29.8. The summed E-state index contributed by atoms with van der Waals surface area (Å²) in [6.45, 7) is 6.50. The van der Waals surface area contributed by atoms with Gasteiger partial charge in [-0.1, -0.05) is 29.8 Å². The van der Waals surface area contributed by atoms with E-state index in [9.17, 15) is 14.7 Å². The van der Waals surface area contributed by atoms with Gasteiger partial charge in [-0.2, -0.15) is 0 Å². The summed E-state index contributed by atoms with van der Waals surface area (Å²) in [5.41, 5.74) is 0.974. The van der Waals surface area contributed by atoms with Crippen LogP contribution in [0.4, 0.5) is 0 Å². The fourth-order valence-electron chi connectivity index (χ4n) is 5.24. The van der Waals surface area contributed by atoms with Crippen LogP contribution in [0.5, 0.6) is 11.5 Å². The molecule has 1 N–H and O–H groups in total. The molecule has 1 unspecified atom stereocenters. The van der Waals surface area contributed by atoms with Crippen LogP contribution in [-0.4, -0.2) is 103 Å². The number of likely N-dealkylation sites (tertiary alicyclic amines) is 1. The first-order chi connectivity index (χ1) is 19.3. The maximum absolute atomic E-state index is 12.7. The minimum atomic E-state index is -1.25. The van der Waals surface area contributed by atoms with Crippen LogP contribution >= 0.6 is 0 Å². The molecule has 0 bridgehead atoms. The molecule has 218 valence electrons. The highest BCUT2D eigenvalue weighted by Crippen LogP contribution is 2.21. The smallest absolute Gasteiger partial charge is 0.248 e. The van der Waals surface area contributed by atoms with E-state index < -0.39 is 5.60 Å². The number of aliphatic hydroxyl groups is 1. The molecule has 2 aliphatic rings. The molecule has 2 amide bonds. The number of β-amino-alcohol motifs (C(OH)–C–C–N with tert-alkyl or cyclic N) is 1. The summed E-state index contributed by atoms with van der Waals surface area (Å²) in [6, 6.07) is 15.7. The Kier molecular flexibility index (Phi) is 10.8. The average molecular weight is 554 g/mol. The summed E-state index contributed by atoms with van der Waals surface area (Å²) in [5, 5.41) is 11.6. The van der Waals surface area contributed by atoms with Crippen molar-refractivity contribution in [3.8, 4) is 11.5 Å². The Morgan fingerprint density at radius 3 is 2.40 bits per heavy atom. The summed E-state index contributed by atoms with van der Waals surface area (Å²) in [7, 11) is 1.50. The highest BCUT2D eigenvalue weighted by molar-refractivity contribution is 5.77. The standard InChI is InChI=1S/C31H43N3O6/c1-25-7-11-28(12-8-25)40-24-31(37)22-32(17-18-34(23-31)30(36)21-38-2)20-26-9-13-27(14-10-26)39-19-5-16-33-15-4-3-6-29(33)35/h7-14,37H,3-6,15-24H2,1-2H3. The molecule has 2 aromatic rings. The third-order valence-electron chi connectivity index (χ3n) is 7.43. The molecule has 4 rings (SSSR count). The van der Waals surface area contributed by atoms with Crippen LogP contribution in [0.1, 0.15) is 36.8 Å². The Bertz CT molecular complexity index is 1090. The number of hydrogen-bond donors (Lipinski definition) is 1. The number of methoxy groups -OCH3 is 1. The summed E-state index contributed by atoms with van der Waals surface area (Å²) in [6.07, 6.45) is 3.56. The number of ether oxygens (including phenoxy) is 3. The van der Waals surface area contributed by atoms with Crippen LogP contribution in [0.15, 0.2) is 48.5 Å². The lowest BCUT2D eigenvalue weighted by Gasteiger charge is -2.33. The van der Waals surface area contributed by atoms with Crippen LogP contribution < -0.4 is 9.47 Å². The van der Waals surface area contributed by atoms with Crippen molar-refractivity contribution in [3.63, 3.8) is 0 Å². The van der Waals surface area contributed by atoms with E-state index in [2.05, 4.69) is 4.90 Å². The minimum absolute atomic E-state index is 0.0231. The van der Waals surface area contributed by atoms with Gasteiger partial charge in [0.15, 0.2) is 0 Å². The molecular formula is C31H43N3O6. The van der Waals surface area contributed by atoms with E-state index in [0.717, 1.165) is 49.2 Å². The van der Waals surface area contributed by atoms with Crippen molar-refractivity contribution in [3.05, 3.63) is 59.7 Å². The van der Waals surface area contributed by atoms with E-state index in [1.807, 2.05) is 60.4 Å². The zero-order valence-electron chi connectivity index (χ0n) is 23.8. The molecule has 1 atom stereocenters. The molecule has 0 radical (unpaired) electrons. The van der Waals surface area contributed by atoms with E-state index in [4.69, 9.17) is 14.2 Å².